The molecule has 1 aliphatic rings. The van der Waals surface area contributed by atoms with Crippen molar-refractivity contribution >= 4 is 17.5 Å². The highest BCUT2D eigenvalue weighted by molar-refractivity contribution is 6.31. The van der Waals surface area contributed by atoms with Gasteiger partial charge in [-0.3, -0.25) is 4.79 Å². The second-order valence-electron chi connectivity index (χ2n) is 6.51. The molecule has 5 nitrogen and oxygen atoms in total. The molecule has 0 atom stereocenters. The first kappa shape index (κ1) is 18.5. The molecular weight excluding hydrogens is 352 g/mol. The number of amides is 1. The van der Waals surface area contributed by atoms with Gasteiger partial charge in [-0.05, 0) is 61.9 Å². The highest BCUT2D eigenvalue weighted by atomic mass is 35.5. The first-order valence-corrected chi connectivity index (χ1v) is 9.25. The first-order valence-electron chi connectivity index (χ1n) is 8.87. The molecule has 6 heteroatoms. The highest BCUT2D eigenvalue weighted by Crippen LogP contribution is 2.23. The van der Waals surface area contributed by atoms with Crippen molar-refractivity contribution in [2.75, 3.05) is 6.61 Å². The number of aryl methyl sites for hydroxylation is 1. The number of nitrogens with one attached hydrogen (secondary N) is 1. The topological polar surface area (TPSA) is 60.5 Å². The van der Waals surface area contributed by atoms with Crippen LogP contribution in [0.1, 0.15) is 36.8 Å². The van der Waals surface area contributed by atoms with Gasteiger partial charge in [0.05, 0.1) is 0 Å². The Hall–Kier alpha value is -2.27. The molecule has 1 fully saturated rings. The molecule has 138 valence electrons. The number of aromatic nitrogens is 1. The Kier molecular flexibility index (Phi) is 6.34. The molecule has 0 aliphatic heterocycles. The van der Waals surface area contributed by atoms with Gasteiger partial charge in [0, 0.05) is 23.8 Å². The van der Waals surface area contributed by atoms with Crippen molar-refractivity contribution in [2.45, 2.75) is 45.3 Å². The van der Waals surface area contributed by atoms with Gasteiger partial charge in [-0.15, -0.1) is 0 Å². The van der Waals surface area contributed by atoms with Crippen molar-refractivity contribution < 1.29 is 14.3 Å². The molecule has 26 heavy (non-hydrogen) atoms. The van der Waals surface area contributed by atoms with Crippen molar-refractivity contribution in [1.29, 1.82) is 0 Å². The molecule has 1 N–H and O–H groups in total. The van der Waals surface area contributed by atoms with E-state index in [2.05, 4.69) is 10.3 Å². The Balaban J connectivity index is 1.41. The Labute approximate surface area is 158 Å². The van der Waals surface area contributed by atoms with Gasteiger partial charge in [-0.25, -0.2) is 4.98 Å². The van der Waals surface area contributed by atoms with E-state index in [1.54, 1.807) is 18.3 Å². The third kappa shape index (κ3) is 5.36. The van der Waals surface area contributed by atoms with Gasteiger partial charge < -0.3 is 14.8 Å². The van der Waals surface area contributed by atoms with Gasteiger partial charge in [0.1, 0.15) is 11.9 Å². The van der Waals surface area contributed by atoms with E-state index in [9.17, 15) is 4.79 Å². The fraction of sp³-hybridized carbons (Fsp3) is 0.400. The van der Waals surface area contributed by atoms with Crippen LogP contribution in [0, 0.1) is 6.92 Å². The molecule has 1 aromatic carbocycles. The van der Waals surface area contributed by atoms with E-state index in [1.165, 1.54) is 12.8 Å². The number of benzene rings is 1. The van der Waals surface area contributed by atoms with Gasteiger partial charge in [0.2, 0.25) is 5.88 Å². The van der Waals surface area contributed by atoms with Crippen LogP contribution in [0.15, 0.2) is 36.5 Å². The van der Waals surface area contributed by atoms with Crippen molar-refractivity contribution in [1.82, 2.24) is 10.3 Å². The van der Waals surface area contributed by atoms with Crippen LogP contribution in [0.4, 0.5) is 0 Å². The molecule has 0 spiro atoms. The summed E-state index contributed by atoms with van der Waals surface area (Å²) in [5.74, 6) is 1.08. The molecule has 1 amide bonds. The number of nitrogens with zero attached hydrogens (tertiary/aromatic N) is 1. The minimum Gasteiger partial charge on any atom is -0.484 e. The summed E-state index contributed by atoms with van der Waals surface area (Å²) in [6.45, 7) is 2.25. The van der Waals surface area contributed by atoms with Crippen molar-refractivity contribution in [3.8, 4) is 11.6 Å². The van der Waals surface area contributed by atoms with Crippen LogP contribution in [0.3, 0.4) is 0 Å². The number of halogens is 1. The summed E-state index contributed by atoms with van der Waals surface area (Å²) in [7, 11) is 0. The molecule has 0 bridgehead atoms. The average molecular weight is 375 g/mol. The van der Waals surface area contributed by atoms with E-state index in [-0.39, 0.29) is 12.5 Å². The lowest BCUT2D eigenvalue weighted by Gasteiger charge is -2.12. The first-order chi connectivity index (χ1) is 12.6. The van der Waals surface area contributed by atoms with Gasteiger partial charge in [-0.2, -0.15) is 0 Å². The lowest BCUT2D eigenvalue weighted by Crippen LogP contribution is -2.28. The van der Waals surface area contributed by atoms with E-state index in [4.69, 9.17) is 21.1 Å². The number of hydrogen-bond acceptors (Lipinski definition) is 4. The summed E-state index contributed by atoms with van der Waals surface area (Å²) in [6, 6.07) is 9.08. The molecule has 0 saturated heterocycles. The lowest BCUT2D eigenvalue weighted by molar-refractivity contribution is -0.123. The van der Waals surface area contributed by atoms with Crippen molar-refractivity contribution in [3.05, 3.63) is 52.7 Å². The fourth-order valence-electron chi connectivity index (χ4n) is 2.87. The minimum atomic E-state index is -0.191. The summed E-state index contributed by atoms with van der Waals surface area (Å²) in [4.78, 5) is 16.2. The van der Waals surface area contributed by atoms with E-state index < -0.39 is 0 Å². The maximum atomic E-state index is 11.9. The SMILES string of the molecule is Cc1cc(OCC(=O)NCc2ccc(OC3CCCC3)nc2)ccc1Cl. The quantitative estimate of drug-likeness (QED) is 0.793. The zero-order valence-electron chi connectivity index (χ0n) is 14.8. The molecule has 0 radical (unpaired) electrons. The Morgan fingerprint density at radius 2 is 2.08 bits per heavy atom. The smallest absolute Gasteiger partial charge is 0.258 e. The second kappa shape index (κ2) is 8.90. The van der Waals surface area contributed by atoms with E-state index >= 15 is 0 Å². The van der Waals surface area contributed by atoms with Crippen LogP contribution < -0.4 is 14.8 Å². The van der Waals surface area contributed by atoms with E-state index in [1.807, 2.05) is 25.1 Å². The van der Waals surface area contributed by atoms with Crippen LogP contribution in [-0.4, -0.2) is 23.6 Å². The molecule has 1 aromatic heterocycles. The maximum absolute atomic E-state index is 11.9. The molecular formula is C20H23ClN2O3. The summed E-state index contributed by atoms with van der Waals surface area (Å²) in [5, 5.41) is 3.49. The largest absolute Gasteiger partial charge is 0.484 e. The predicted molar refractivity (Wildman–Crippen MR) is 101 cm³/mol. The van der Waals surface area contributed by atoms with Crippen LogP contribution in [-0.2, 0) is 11.3 Å². The zero-order valence-corrected chi connectivity index (χ0v) is 15.6. The van der Waals surface area contributed by atoms with Gasteiger partial charge in [-0.1, -0.05) is 17.7 Å². The third-order valence-corrected chi connectivity index (χ3v) is 4.80. The van der Waals surface area contributed by atoms with Crippen LogP contribution >= 0.6 is 11.6 Å². The maximum Gasteiger partial charge on any atom is 0.258 e. The number of ether oxygens (including phenoxy) is 2. The predicted octanol–water partition coefficient (Wildman–Crippen LogP) is 4.06. The second-order valence-corrected chi connectivity index (χ2v) is 6.91. The van der Waals surface area contributed by atoms with E-state index in [0.29, 0.717) is 29.3 Å². The molecule has 1 aliphatic carbocycles. The Morgan fingerprint density at radius 1 is 1.27 bits per heavy atom. The fourth-order valence-corrected chi connectivity index (χ4v) is 2.99. The third-order valence-electron chi connectivity index (χ3n) is 4.38. The van der Waals surface area contributed by atoms with Gasteiger partial charge in [0.25, 0.3) is 5.91 Å². The van der Waals surface area contributed by atoms with Crippen LogP contribution in [0.25, 0.3) is 0 Å². The summed E-state index contributed by atoms with van der Waals surface area (Å²) in [6.07, 6.45) is 6.69. The highest BCUT2D eigenvalue weighted by Gasteiger charge is 2.16. The number of pyridine rings is 1. The Morgan fingerprint density at radius 3 is 2.77 bits per heavy atom. The molecule has 2 aromatic rings. The number of hydrogen-bond donors (Lipinski definition) is 1. The average Bonchev–Trinajstić information content (AvgIpc) is 3.15. The van der Waals surface area contributed by atoms with Crippen LogP contribution in [0.5, 0.6) is 11.6 Å². The normalized spacial score (nSPS) is 14.2. The van der Waals surface area contributed by atoms with Crippen LogP contribution in [0.2, 0.25) is 5.02 Å². The monoisotopic (exact) mass is 374 g/mol. The summed E-state index contributed by atoms with van der Waals surface area (Å²) in [5.41, 5.74) is 1.83. The number of rotatable bonds is 7. The van der Waals surface area contributed by atoms with Gasteiger partial charge >= 0.3 is 0 Å². The van der Waals surface area contributed by atoms with Crippen molar-refractivity contribution in [3.63, 3.8) is 0 Å². The molecule has 1 saturated carbocycles. The zero-order chi connectivity index (χ0) is 18.4. The number of carbonyl (C=O) groups is 1. The molecule has 1 heterocycles. The lowest BCUT2D eigenvalue weighted by atomic mass is 10.2. The number of carbonyl (C=O) groups excluding carboxylic acids is 1. The molecule has 3 rings (SSSR count). The summed E-state index contributed by atoms with van der Waals surface area (Å²) >= 11 is 5.97. The summed E-state index contributed by atoms with van der Waals surface area (Å²) < 4.78 is 11.3. The molecule has 0 unspecified atom stereocenters. The van der Waals surface area contributed by atoms with Gasteiger partial charge in [0.15, 0.2) is 6.61 Å². The van der Waals surface area contributed by atoms with E-state index in [0.717, 1.165) is 24.0 Å². The minimum absolute atomic E-state index is 0.0443. The Bertz CT molecular complexity index is 743. The van der Waals surface area contributed by atoms with Crippen molar-refractivity contribution in [2.24, 2.45) is 0 Å². The standard InChI is InChI=1S/C20H23ClN2O3/c1-14-10-17(7-8-18(14)21)25-13-19(24)22-11-15-6-9-20(23-12-15)26-16-4-2-3-5-16/h6-10,12,16H,2-5,11,13H2,1H3,(H,22,24).